The molecule has 0 bridgehead atoms. The van der Waals surface area contributed by atoms with E-state index in [2.05, 4.69) is 0 Å². The Labute approximate surface area is 68.6 Å². The van der Waals surface area contributed by atoms with Gasteiger partial charge in [-0.25, -0.2) is 0 Å². The molecule has 0 saturated heterocycles. The van der Waals surface area contributed by atoms with E-state index in [1.807, 2.05) is 0 Å². The summed E-state index contributed by atoms with van der Waals surface area (Å²) in [5, 5.41) is 0.853. The van der Waals surface area contributed by atoms with E-state index < -0.39 is 0 Å². The molecule has 3 heteroatoms. The Morgan fingerprint density at radius 1 is 1.30 bits per heavy atom. The first-order chi connectivity index (χ1) is 4.74. The van der Waals surface area contributed by atoms with Crippen LogP contribution in [0, 0.1) is 0 Å². The highest BCUT2D eigenvalue weighted by atomic mass is 35.5. The van der Waals surface area contributed by atoms with Gasteiger partial charge in [0.2, 0.25) is 6.29 Å². The van der Waals surface area contributed by atoms with Crippen LogP contribution in [0.25, 0.3) is 0 Å². The van der Waals surface area contributed by atoms with Gasteiger partial charge in [-0.2, -0.15) is 0 Å². The van der Waals surface area contributed by atoms with Crippen molar-refractivity contribution >= 4 is 29.5 Å². The van der Waals surface area contributed by atoms with Crippen molar-refractivity contribution in [2.45, 2.75) is 0 Å². The van der Waals surface area contributed by atoms with Crippen molar-refractivity contribution in [3.05, 3.63) is 33.8 Å². The van der Waals surface area contributed by atoms with Gasteiger partial charge in [0, 0.05) is 10.6 Å². The molecule has 0 saturated carbocycles. The standard InChI is InChI=1S/C7H3Cl2O/c8-6-2-1-5(4-10)7(9)3-6/h1-3H. The minimum Gasteiger partial charge on any atom is -0.285 e. The highest BCUT2D eigenvalue weighted by Crippen LogP contribution is 2.18. The Morgan fingerprint density at radius 3 is 2.50 bits per heavy atom. The Hall–Kier alpha value is -0.530. The number of hydrogen-bond acceptors (Lipinski definition) is 1. The summed E-state index contributed by atoms with van der Waals surface area (Å²) in [6.07, 6.45) is 1.68. The lowest BCUT2D eigenvalue weighted by molar-refractivity contribution is 0.563. The van der Waals surface area contributed by atoms with E-state index in [9.17, 15) is 4.79 Å². The first-order valence-electron chi connectivity index (χ1n) is 2.57. The van der Waals surface area contributed by atoms with Gasteiger partial charge in [0.15, 0.2) is 0 Å². The van der Waals surface area contributed by atoms with E-state index >= 15 is 0 Å². The maximum atomic E-state index is 10.1. The Morgan fingerprint density at radius 2 is 2.00 bits per heavy atom. The zero-order valence-corrected chi connectivity index (χ0v) is 6.41. The number of halogens is 2. The molecule has 1 rings (SSSR count). The molecule has 0 atom stereocenters. The Balaban J connectivity index is 3.19. The predicted molar refractivity (Wildman–Crippen MR) is 41.3 cm³/mol. The molecule has 0 heterocycles. The van der Waals surface area contributed by atoms with Crippen molar-refractivity contribution < 1.29 is 4.79 Å². The van der Waals surface area contributed by atoms with Gasteiger partial charge >= 0.3 is 0 Å². The van der Waals surface area contributed by atoms with Gasteiger partial charge in [0.05, 0.1) is 5.02 Å². The fourth-order valence-corrected chi connectivity index (χ4v) is 1.02. The molecule has 0 aromatic heterocycles. The lowest BCUT2D eigenvalue weighted by atomic mass is 10.2. The maximum absolute atomic E-state index is 10.1. The van der Waals surface area contributed by atoms with E-state index in [4.69, 9.17) is 23.2 Å². The molecule has 0 spiro atoms. The molecule has 1 aromatic carbocycles. The van der Waals surface area contributed by atoms with Gasteiger partial charge in [-0.1, -0.05) is 23.2 Å². The fourth-order valence-electron chi connectivity index (χ4n) is 0.572. The minimum absolute atomic E-state index is 0.336. The number of rotatable bonds is 1. The monoisotopic (exact) mass is 173 g/mol. The summed E-state index contributed by atoms with van der Waals surface area (Å²) >= 11 is 11.1. The average Bonchev–Trinajstić information content (AvgIpc) is 1.88. The van der Waals surface area contributed by atoms with Crippen molar-refractivity contribution in [2.75, 3.05) is 0 Å². The van der Waals surface area contributed by atoms with Crippen LogP contribution in [0.2, 0.25) is 10.0 Å². The molecule has 0 fully saturated rings. The minimum atomic E-state index is 0.336. The molecule has 1 radical (unpaired) electrons. The van der Waals surface area contributed by atoms with Gasteiger partial charge in [-0.05, 0) is 18.2 Å². The van der Waals surface area contributed by atoms with Crippen molar-refractivity contribution in [1.29, 1.82) is 0 Å². The largest absolute Gasteiger partial charge is 0.285 e. The summed E-state index contributed by atoms with van der Waals surface area (Å²) in [7, 11) is 0. The first-order valence-corrected chi connectivity index (χ1v) is 3.33. The molecule has 0 aliphatic rings. The van der Waals surface area contributed by atoms with Crippen molar-refractivity contribution in [2.24, 2.45) is 0 Å². The smallest absolute Gasteiger partial charge is 0.235 e. The van der Waals surface area contributed by atoms with Crippen molar-refractivity contribution in [3.8, 4) is 0 Å². The molecule has 0 unspecified atom stereocenters. The average molecular weight is 174 g/mol. The number of carbonyl (C=O) groups excluding carboxylic acids is 1. The zero-order valence-electron chi connectivity index (χ0n) is 4.90. The Bertz CT molecular complexity index is 258. The van der Waals surface area contributed by atoms with Gasteiger partial charge in [-0.15, -0.1) is 0 Å². The number of hydrogen-bond donors (Lipinski definition) is 0. The third kappa shape index (κ3) is 1.49. The Kier molecular flexibility index (Phi) is 2.30. The lowest BCUT2D eigenvalue weighted by Crippen LogP contribution is -1.80. The maximum Gasteiger partial charge on any atom is 0.235 e. The summed E-state index contributed by atoms with van der Waals surface area (Å²) in [5.74, 6) is 0. The van der Waals surface area contributed by atoms with E-state index in [1.54, 1.807) is 12.4 Å². The van der Waals surface area contributed by atoms with E-state index in [1.165, 1.54) is 12.1 Å². The zero-order chi connectivity index (χ0) is 7.56. The molecule has 0 aliphatic carbocycles. The lowest BCUT2D eigenvalue weighted by Gasteiger charge is -1.93. The van der Waals surface area contributed by atoms with Crippen LogP contribution in [0.1, 0.15) is 5.56 Å². The van der Waals surface area contributed by atoms with Gasteiger partial charge < -0.3 is 0 Å². The summed E-state index contributed by atoms with van der Waals surface area (Å²) in [4.78, 5) is 10.1. The SMILES string of the molecule is O=[C]c1ccc(Cl)cc1Cl. The third-order valence-corrected chi connectivity index (χ3v) is 1.59. The van der Waals surface area contributed by atoms with E-state index in [-0.39, 0.29) is 0 Å². The van der Waals surface area contributed by atoms with E-state index in [0.717, 1.165) is 0 Å². The van der Waals surface area contributed by atoms with Crippen LogP contribution < -0.4 is 0 Å². The molecule has 0 aliphatic heterocycles. The van der Waals surface area contributed by atoms with Crippen LogP contribution in [-0.2, 0) is 4.79 Å². The second-order valence-corrected chi connectivity index (χ2v) is 2.57. The quantitative estimate of drug-likeness (QED) is 0.638. The van der Waals surface area contributed by atoms with Crippen LogP contribution in [0.4, 0.5) is 0 Å². The summed E-state index contributed by atoms with van der Waals surface area (Å²) in [6, 6.07) is 4.62. The van der Waals surface area contributed by atoms with Crippen molar-refractivity contribution in [3.63, 3.8) is 0 Å². The normalized spacial score (nSPS) is 9.40. The molecule has 10 heavy (non-hydrogen) atoms. The molecular formula is C7H3Cl2O. The van der Waals surface area contributed by atoms with Crippen LogP contribution in [0.5, 0.6) is 0 Å². The number of benzene rings is 1. The molecule has 0 amide bonds. The molecular weight excluding hydrogens is 171 g/mol. The second kappa shape index (κ2) is 3.04. The third-order valence-electron chi connectivity index (χ3n) is 1.04. The second-order valence-electron chi connectivity index (χ2n) is 1.73. The highest BCUT2D eigenvalue weighted by molar-refractivity contribution is 6.36. The molecule has 1 nitrogen and oxygen atoms in total. The highest BCUT2D eigenvalue weighted by Gasteiger charge is 1.98. The van der Waals surface area contributed by atoms with Crippen LogP contribution in [0.15, 0.2) is 18.2 Å². The van der Waals surface area contributed by atoms with Crippen molar-refractivity contribution in [1.82, 2.24) is 0 Å². The summed E-state index contributed by atoms with van der Waals surface area (Å²) < 4.78 is 0. The molecule has 51 valence electrons. The van der Waals surface area contributed by atoms with Gasteiger partial charge in [0.25, 0.3) is 0 Å². The van der Waals surface area contributed by atoms with Gasteiger partial charge in [0.1, 0.15) is 0 Å². The molecule has 1 aromatic rings. The topological polar surface area (TPSA) is 17.1 Å². The van der Waals surface area contributed by atoms with Crippen LogP contribution in [0.3, 0.4) is 0 Å². The summed E-state index contributed by atoms with van der Waals surface area (Å²) in [6.45, 7) is 0. The summed E-state index contributed by atoms with van der Waals surface area (Å²) in [5.41, 5.74) is 0.339. The van der Waals surface area contributed by atoms with Gasteiger partial charge in [-0.3, -0.25) is 4.79 Å². The van der Waals surface area contributed by atoms with E-state index in [0.29, 0.717) is 15.6 Å². The van der Waals surface area contributed by atoms with Crippen LogP contribution in [-0.4, -0.2) is 6.29 Å². The molecule has 0 N–H and O–H groups in total. The van der Waals surface area contributed by atoms with Crippen LogP contribution >= 0.6 is 23.2 Å². The first kappa shape index (κ1) is 7.58. The fraction of sp³-hybridized carbons (Fsp3) is 0. The predicted octanol–water partition coefficient (Wildman–Crippen LogP) is 2.45.